The number of rotatable bonds is 14. The fourth-order valence-electron chi connectivity index (χ4n) is 3.99. The minimum absolute atomic E-state index is 0.00242. The average molecular weight is 572 g/mol. The minimum Gasteiger partial charge on any atom is -0.508 e. The van der Waals surface area contributed by atoms with E-state index < -0.39 is 39.8 Å². The number of hydrogen-bond donors (Lipinski definition) is 8. The number of nitrogens with one attached hydrogen (secondary N) is 5. The second-order valence-electron chi connectivity index (χ2n) is 9.22. The van der Waals surface area contributed by atoms with Crippen molar-refractivity contribution < 1.29 is 27.9 Å². The van der Waals surface area contributed by atoms with Crippen molar-refractivity contribution >= 4 is 44.5 Å². The summed E-state index contributed by atoms with van der Waals surface area (Å²) in [5.74, 6) is -2.42. The van der Waals surface area contributed by atoms with Crippen LogP contribution in [-0.2, 0) is 37.4 Å². The predicted molar refractivity (Wildman–Crippen MR) is 150 cm³/mol. The predicted octanol–water partition coefficient (Wildman–Crippen LogP) is 0.0747. The SMILES string of the molecule is CCS(=O)(=O)NC(Cc1c[nH]c2ccc(O)cc12)C(=O)NC(CCC(N)=O)C(=O)NCc1ccc(C(=N)N)cc1. The number of amides is 3. The van der Waals surface area contributed by atoms with E-state index in [1.54, 1.807) is 36.5 Å². The monoisotopic (exact) mass is 571 g/mol. The molecule has 2 unspecified atom stereocenters. The average Bonchev–Trinajstić information content (AvgIpc) is 3.30. The van der Waals surface area contributed by atoms with Gasteiger partial charge < -0.3 is 32.2 Å². The summed E-state index contributed by atoms with van der Waals surface area (Å²) < 4.78 is 27.2. The van der Waals surface area contributed by atoms with Crippen LogP contribution in [0.4, 0.5) is 0 Å². The number of amidine groups is 1. The normalized spacial score (nSPS) is 12.9. The zero-order valence-electron chi connectivity index (χ0n) is 21.9. The van der Waals surface area contributed by atoms with Gasteiger partial charge in [0.1, 0.15) is 23.7 Å². The first-order valence-electron chi connectivity index (χ1n) is 12.5. The highest BCUT2D eigenvalue weighted by Crippen LogP contribution is 2.24. The van der Waals surface area contributed by atoms with Gasteiger partial charge in [-0.05, 0) is 49.1 Å². The van der Waals surface area contributed by atoms with Crippen LogP contribution >= 0.6 is 0 Å². The molecule has 0 spiro atoms. The molecule has 14 heteroatoms. The van der Waals surface area contributed by atoms with Crippen LogP contribution < -0.4 is 26.8 Å². The molecule has 10 N–H and O–H groups in total. The second-order valence-corrected chi connectivity index (χ2v) is 11.3. The molecule has 2 atom stereocenters. The molecular weight excluding hydrogens is 538 g/mol. The summed E-state index contributed by atoms with van der Waals surface area (Å²) in [6.45, 7) is 1.51. The van der Waals surface area contributed by atoms with Gasteiger partial charge in [-0.1, -0.05) is 24.3 Å². The van der Waals surface area contributed by atoms with Crippen molar-refractivity contribution in [1.29, 1.82) is 5.41 Å². The van der Waals surface area contributed by atoms with E-state index in [1.807, 2.05) is 0 Å². The number of nitrogen functional groups attached to an aromatic ring is 1. The molecule has 0 saturated heterocycles. The highest BCUT2D eigenvalue weighted by Gasteiger charge is 2.29. The van der Waals surface area contributed by atoms with Gasteiger partial charge in [-0.3, -0.25) is 19.8 Å². The van der Waals surface area contributed by atoms with Crippen LogP contribution in [0.2, 0.25) is 0 Å². The first-order valence-corrected chi connectivity index (χ1v) is 14.1. The zero-order chi connectivity index (χ0) is 29.4. The molecule has 13 nitrogen and oxygen atoms in total. The molecule has 0 radical (unpaired) electrons. The Balaban J connectivity index is 1.79. The molecule has 1 heterocycles. The number of hydrogen-bond acceptors (Lipinski definition) is 7. The van der Waals surface area contributed by atoms with E-state index in [1.165, 1.54) is 19.1 Å². The molecule has 1 aromatic heterocycles. The summed E-state index contributed by atoms with van der Waals surface area (Å²) in [6.07, 6.45) is 1.23. The topological polar surface area (TPSA) is 233 Å². The fourth-order valence-corrected chi connectivity index (χ4v) is 4.78. The van der Waals surface area contributed by atoms with Crippen LogP contribution in [0.15, 0.2) is 48.7 Å². The van der Waals surface area contributed by atoms with Crippen molar-refractivity contribution in [3.05, 3.63) is 65.4 Å². The van der Waals surface area contributed by atoms with Gasteiger partial charge in [0.25, 0.3) is 0 Å². The third-order valence-electron chi connectivity index (χ3n) is 6.24. The Morgan fingerprint density at radius 1 is 1.05 bits per heavy atom. The van der Waals surface area contributed by atoms with E-state index in [-0.39, 0.29) is 43.1 Å². The summed E-state index contributed by atoms with van der Waals surface area (Å²) in [5, 5.41) is 23.2. The summed E-state index contributed by atoms with van der Waals surface area (Å²) >= 11 is 0. The van der Waals surface area contributed by atoms with Gasteiger partial charge in [0.15, 0.2) is 0 Å². The summed E-state index contributed by atoms with van der Waals surface area (Å²) in [7, 11) is -3.84. The van der Waals surface area contributed by atoms with E-state index in [0.717, 1.165) is 0 Å². The van der Waals surface area contributed by atoms with Gasteiger partial charge >= 0.3 is 0 Å². The smallest absolute Gasteiger partial charge is 0.242 e. The number of phenolic OH excluding ortho intramolecular Hbond substituents is 1. The third-order valence-corrected chi connectivity index (χ3v) is 7.64. The number of phenols is 1. The molecular formula is C26H33N7O6S. The van der Waals surface area contributed by atoms with Gasteiger partial charge in [-0.25, -0.2) is 13.1 Å². The summed E-state index contributed by atoms with van der Waals surface area (Å²) in [5.41, 5.74) is 13.2. The minimum atomic E-state index is -3.84. The number of carbonyl (C=O) groups is 3. The highest BCUT2D eigenvalue weighted by molar-refractivity contribution is 7.89. The maximum absolute atomic E-state index is 13.4. The highest BCUT2D eigenvalue weighted by atomic mass is 32.2. The van der Waals surface area contributed by atoms with Crippen molar-refractivity contribution in [1.82, 2.24) is 20.3 Å². The van der Waals surface area contributed by atoms with E-state index in [9.17, 15) is 27.9 Å². The Morgan fingerprint density at radius 2 is 1.75 bits per heavy atom. The van der Waals surface area contributed by atoms with E-state index in [0.29, 0.717) is 27.6 Å². The standard InChI is InChI=1S/C26H33N7O6S/c1-2-40(38,39)33-22(11-17-14-30-20-8-7-18(34)12-19(17)20)26(37)32-21(9-10-23(27)35)25(36)31-13-15-3-5-16(6-4-15)24(28)29/h3-8,12,14,21-22,30,33-34H,2,9-11,13H2,1H3,(H2,27,35)(H3,28,29)(H,31,36)(H,32,37). The maximum atomic E-state index is 13.4. The summed E-state index contributed by atoms with van der Waals surface area (Å²) in [4.78, 5) is 40.9. The molecule has 3 rings (SSSR count). The van der Waals surface area contributed by atoms with Crippen molar-refractivity contribution in [2.45, 2.75) is 44.8 Å². The number of benzene rings is 2. The molecule has 40 heavy (non-hydrogen) atoms. The number of H-pyrrole nitrogens is 1. The number of fused-ring (bicyclic) bond motifs is 1. The third kappa shape index (κ3) is 8.28. The van der Waals surface area contributed by atoms with Gasteiger partial charge in [0.05, 0.1) is 5.75 Å². The first-order chi connectivity index (χ1) is 18.9. The van der Waals surface area contributed by atoms with Gasteiger partial charge in [0, 0.05) is 35.6 Å². The summed E-state index contributed by atoms with van der Waals surface area (Å²) in [6, 6.07) is 8.79. The second kappa shape index (κ2) is 13.1. The lowest BCUT2D eigenvalue weighted by Gasteiger charge is -2.23. The van der Waals surface area contributed by atoms with Crippen molar-refractivity contribution in [2.75, 3.05) is 5.75 Å². The lowest BCUT2D eigenvalue weighted by Crippen LogP contribution is -2.54. The lowest BCUT2D eigenvalue weighted by atomic mass is 10.0. The lowest BCUT2D eigenvalue weighted by molar-refractivity contribution is -0.130. The van der Waals surface area contributed by atoms with Crippen LogP contribution in [0, 0.1) is 5.41 Å². The molecule has 0 aliphatic carbocycles. The van der Waals surface area contributed by atoms with E-state index in [2.05, 4.69) is 20.3 Å². The number of sulfonamides is 1. The van der Waals surface area contributed by atoms with Gasteiger partial charge in [-0.2, -0.15) is 0 Å². The number of primary amides is 1. The van der Waals surface area contributed by atoms with E-state index in [4.69, 9.17) is 16.9 Å². The first kappa shape index (κ1) is 30.1. The van der Waals surface area contributed by atoms with Gasteiger partial charge in [0.2, 0.25) is 27.7 Å². The molecule has 3 amide bonds. The number of aromatic nitrogens is 1. The quantitative estimate of drug-likeness (QED) is 0.0978. The largest absolute Gasteiger partial charge is 0.508 e. The van der Waals surface area contributed by atoms with Crippen molar-refractivity contribution in [3.8, 4) is 5.75 Å². The maximum Gasteiger partial charge on any atom is 0.242 e. The number of aromatic hydroxyl groups is 1. The Kier molecular flexibility index (Phi) is 9.85. The Bertz CT molecular complexity index is 1500. The Morgan fingerprint density at radius 3 is 2.38 bits per heavy atom. The molecule has 0 aliphatic heterocycles. The Labute approximate surface area is 231 Å². The Hall–Kier alpha value is -4.43. The van der Waals surface area contributed by atoms with Gasteiger partial charge in [-0.15, -0.1) is 0 Å². The van der Waals surface area contributed by atoms with Crippen LogP contribution in [0.25, 0.3) is 10.9 Å². The zero-order valence-corrected chi connectivity index (χ0v) is 22.7. The van der Waals surface area contributed by atoms with Crippen molar-refractivity contribution in [3.63, 3.8) is 0 Å². The molecule has 0 aliphatic rings. The van der Waals surface area contributed by atoms with E-state index >= 15 is 0 Å². The molecule has 0 fully saturated rings. The van der Waals surface area contributed by atoms with Crippen LogP contribution in [-0.4, -0.2) is 59.9 Å². The number of nitrogens with two attached hydrogens (primary N) is 2. The van der Waals surface area contributed by atoms with Crippen molar-refractivity contribution in [2.24, 2.45) is 11.5 Å². The molecule has 0 saturated carbocycles. The molecule has 214 valence electrons. The van der Waals surface area contributed by atoms with Crippen LogP contribution in [0.5, 0.6) is 5.75 Å². The molecule has 0 bridgehead atoms. The van der Waals surface area contributed by atoms with Crippen LogP contribution in [0.1, 0.15) is 36.5 Å². The van der Waals surface area contributed by atoms with Crippen LogP contribution in [0.3, 0.4) is 0 Å². The number of carbonyl (C=O) groups excluding carboxylic acids is 3. The molecule has 3 aromatic rings. The fraction of sp³-hybridized carbons (Fsp3) is 0.308. The number of aromatic amines is 1. The molecule has 2 aromatic carbocycles.